The molecule has 2 N–H and O–H groups in total. The van der Waals surface area contributed by atoms with Crippen molar-refractivity contribution in [3.63, 3.8) is 0 Å². The molecule has 0 spiro atoms. The molecular weight excluding hydrogens is 324 g/mol. The largest absolute Gasteiger partial charge is 0.326 e. The van der Waals surface area contributed by atoms with Crippen LogP contribution in [0.2, 0.25) is 0 Å². The van der Waals surface area contributed by atoms with Crippen molar-refractivity contribution in [2.75, 3.05) is 17.3 Å². The lowest BCUT2D eigenvalue weighted by molar-refractivity contribution is -0.116. The second-order valence-electron chi connectivity index (χ2n) is 5.73. The van der Waals surface area contributed by atoms with Crippen LogP contribution in [0.5, 0.6) is 0 Å². The van der Waals surface area contributed by atoms with Gasteiger partial charge in [-0.1, -0.05) is 6.92 Å². The number of thiazole rings is 1. The fourth-order valence-corrected chi connectivity index (χ4v) is 2.98. The minimum atomic E-state index is -0.507. The zero-order valence-corrected chi connectivity index (χ0v) is 15.1. The van der Waals surface area contributed by atoms with E-state index >= 15 is 0 Å². The Balaban J connectivity index is 2.03. The summed E-state index contributed by atoms with van der Waals surface area (Å²) in [6.45, 7) is 5.47. The molecule has 1 aromatic heterocycles. The highest BCUT2D eigenvalue weighted by atomic mass is 32.1. The molecule has 2 rings (SSSR count). The first-order valence-electron chi connectivity index (χ1n) is 7.69. The SMILES string of the molecule is CC[C@@](C)(NC(=O)Nc1ccc(N(C)C(C)=O)cc1)c1nccs1. The van der Waals surface area contributed by atoms with Crippen LogP contribution in [-0.2, 0) is 10.3 Å². The molecule has 0 unspecified atom stereocenters. The van der Waals surface area contributed by atoms with Gasteiger partial charge < -0.3 is 15.5 Å². The lowest BCUT2D eigenvalue weighted by Gasteiger charge is -2.27. The van der Waals surface area contributed by atoms with Crippen LogP contribution in [-0.4, -0.2) is 24.0 Å². The third-order valence-electron chi connectivity index (χ3n) is 3.99. The van der Waals surface area contributed by atoms with Gasteiger partial charge in [-0.05, 0) is 37.6 Å². The number of anilines is 2. The Kier molecular flexibility index (Phi) is 5.56. The molecular formula is C17H22N4O2S. The van der Waals surface area contributed by atoms with Crippen LogP contribution in [0.25, 0.3) is 0 Å². The van der Waals surface area contributed by atoms with Gasteiger partial charge in [0.1, 0.15) is 5.01 Å². The number of carbonyl (C=O) groups is 2. The Labute approximate surface area is 145 Å². The van der Waals surface area contributed by atoms with Crippen molar-refractivity contribution in [2.45, 2.75) is 32.7 Å². The van der Waals surface area contributed by atoms with Gasteiger partial charge in [0.15, 0.2) is 0 Å². The van der Waals surface area contributed by atoms with Gasteiger partial charge in [0.25, 0.3) is 0 Å². The molecule has 0 aliphatic heterocycles. The van der Waals surface area contributed by atoms with E-state index in [-0.39, 0.29) is 11.9 Å². The number of aromatic nitrogens is 1. The summed E-state index contributed by atoms with van der Waals surface area (Å²) in [5.74, 6) is -0.0457. The van der Waals surface area contributed by atoms with Crippen molar-refractivity contribution >= 4 is 34.6 Å². The maximum atomic E-state index is 12.3. The molecule has 2 aromatic rings. The summed E-state index contributed by atoms with van der Waals surface area (Å²) in [6, 6.07) is 6.82. The molecule has 0 saturated heterocycles. The average molecular weight is 346 g/mol. The Morgan fingerprint density at radius 2 is 1.96 bits per heavy atom. The van der Waals surface area contributed by atoms with Crippen LogP contribution < -0.4 is 15.5 Å². The summed E-state index contributed by atoms with van der Waals surface area (Å²) in [7, 11) is 1.71. The van der Waals surface area contributed by atoms with Crippen LogP contribution in [0, 0.1) is 0 Å². The van der Waals surface area contributed by atoms with Gasteiger partial charge in [0, 0.05) is 36.9 Å². The van der Waals surface area contributed by atoms with Gasteiger partial charge in [0.05, 0.1) is 5.54 Å². The summed E-state index contributed by atoms with van der Waals surface area (Å²) < 4.78 is 0. The molecule has 0 aliphatic carbocycles. The first kappa shape index (κ1) is 17.9. The number of carbonyl (C=O) groups excluding carboxylic acids is 2. The van der Waals surface area contributed by atoms with Crippen molar-refractivity contribution in [1.29, 1.82) is 0 Å². The fourth-order valence-electron chi connectivity index (χ4n) is 2.15. The second-order valence-corrected chi connectivity index (χ2v) is 6.62. The molecule has 7 heteroatoms. The number of amides is 3. The van der Waals surface area contributed by atoms with Crippen LogP contribution in [0.15, 0.2) is 35.8 Å². The van der Waals surface area contributed by atoms with E-state index in [4.69, 9.17) is 0 Å². The van der Waals surface area contributed by atoms with E-state index in [1.807, 2.05) is 19.2 Å². The summed E-state index contributed by atoms with van der Waals surface area (Å²) in [6.07, 6.45) is 2.47. The van der Waals surface area contributed by atoms with Crippen LogP contribution >= 0.6 is 11.3 Å². The third-order valence-corrected chi connectivity index (χ3v) is 5.02. The van der Waals surface area contributed by atoms with Gasteiger partial charge in [-0.2, -0.15) is 0 Å². The van der Waals surface area contributed by atoms with E-state index in [0.717, 1.165) is 17.1 Å². The smallest absolute Gasteiger partial charge is 0.320 e. The standard InChI is InChI=1S/C17H22N4O2S/c1-5-17(3,15-18-10-11-24-15)20-16(23)19-13-6-8-14(9-7-13)21(4)12(2)22/h6-11H,5H2,1-4H3,(H2,19,20,23)/t17-/m1/s1. The van der Waals surface area contributed by atoms with E-state index in [1.165, 1.54) is 18.3 Å². The van der Waals surface area contributed by atoms with E-state index < -0.39 is 5.54 Å². The maximum absolute atomic E-state index is 12.3. The summed E-state index contributed by atoms with van der Waals surface area (Å²) in [5, 5.41) is 8.57. The predicted molar refractivity (Wildman–Crippen MR) is 97.4 cm³/mol. The molecule has 128 valence electrons. The van der Waals surface area contributed by atoms with Crippen molar-refractivity contribution < 1.29 is 9.59 Å². The number of hydrogen-bond acceptors (Lipinski definition) is 4. The highest BCUT2D eigenvalue weighted by Crippen LogP contribution is 2.26. The van der Waals surface area contributed by atoms with Crippen LogP contribution in [0.4, 0.5) is 16.2 Å². The van der Waals surface area contributed by atoms with Crippen molar-refractivity contribution in [1.82, 2.24) is 10.3 Å². The zero-order valence-electron chi connectivity index (χ0n) is 14.3. The lowest BCUT2D eigenvalue weighted by Crippen LogP contribution is -2.45. The summed E-state index contributed by atoms with van der Waals surface area (Å²) in [5.41, 5.74) is 0.924. The highest BCUT2D eigenvalue weighted by Gasteiger charge is 2.29. The number of hydrogen-bond donors (Lipinski definition) is 2. The summed E-state index contributed by atoms with van der Waals surface area (Å²) >= 11 is 1.52. The number of nitrogens with zero attached hydrogens (tertiary/aromatic N) is 2. The number of nitrogens with one attached hydrogen (secondary N) is 2. The molecule has 1 aromatic carbocycles. The maximum Gasteiger partial charge on any atom is 0.320 e. The normalized spacial score (nSPS) is 13.0. The highest BCUT2D eigenvalue weighted by molar-refractivity contribution is 7.09. The van der Waals surface area contributed by atoms with Crippen LogP contribution in [0.1, 0.15) is 32.2 Å². The van der Waals surface area contributed by atoms with Crippen molar-refractivity contribution in [3.8, 4) is 0 Å². The van der Waals surface area contributed by atoms with E-state index in [1.54, 1.807) is 42.4 Å². The first-order chi connectivity index (χ1) is 11.4. The molecule has 1 atom stereocenters. The molecule has 0 fully saturated rings. The van der Waals surface area contributed by atoms with Crippen molar-refractivity contribution in [3.05, 3.63) is 40.8 Å². The molecule has 0 bridgehead atoms. The molecule has 3 amide bonds. The van der Waals surface area contributed by atoms with Crippen LogP contribution in [0.3, 0.4) is 0 Å². The molecule has 0 radical (unpaired) electrons. The first-order valence-corrected chi connectivity index (χ1v) is 8.57. The minimum absolute atomic E-state index is 0.0457. The predicted octanol–water partition coefficient (Wildman–Crippen LogP) is 3.57. The third kappa shape index (κ3) is 4.11. The molecule has 6 nitrogen and oxygen atoms in total. The van der Waals surface area contributed by atoms with Gasteiger partial charge in [0.2, 0.25) is 5.91 Å². The number of benzene rings is 1. The lowest BCUT2D eigenvalue weighted by atomic mass is 10.0. The van der Waals surface area contributed by atoms with Gasteiger partial charge in [-0.15, -0.1) is 11.3 Å². The molecule has 0 aliphatic rings. The quantitative estimate of drug-likeness (QED) is 0.869. The number of rotatable bonds is 5. The Hall–Kier alpha value is -2.41. The zero-order chi connectivity index (χ0) is 17.7. The average Bonchev–Trinajstić information content (AvgIpc) is 3.09. The molecule has 24 heavy (non-hydrogen) atoms. The Bertz CT molecular complexity index is 700. The van der Waals surface area contributed by atoms with E-state index in [9.17, 15) is 9.59 Å². The summed E-state index contributed by atoms with van der Waals surface area (Å²) in [4.78, 5) is 29.5. The second kappa shape index (κ2) is 7.44. The van der Waals surface area contributed by atoms with Gasteiger partial charge in [-0.3, -0.25) is 4.79 Å². The Morgan fingerprint density at radius 1 is 1.29 bits per heavy atom. The number of urea groups is 1. The minimum Gasteiger partial charge on any atom is -0.326 e. The van der Waals surface area contributed by atoms with E-state index in [2.05, 4.69) is 15.6 Å². The monoisotopic (exact) mass is 346 g/mol. The molecule has 1 heterocycles. The van der Waals surface area contributed by atoms with Gasteiger partial charge in [-0.25, -0.2) is 9.78 Å². The Morgan fingerprint density at radius 3 is 2.46 bits per heavy atom. The van der Waals surface area contributed by atoms with Crippen molar-refractivity contribution in [2.24, 2.45) is 0 Å². The van der Waals surface area contributed by atoms with Gasteiger partial charge >= 0.3 is 6.03 Å². The van der Waals surface area contributed by atoms with E-state index in [0.29, 0.717) is 5.69 Å². The molecule has 0 saturated carbocycles. The fraction of sp³-hybridized carbons (Fsp3) is 0.353. The topological polar surface area (TPSA) is 74.3 Å².